The van der Waals surface area contributed by atoms with Gasteiger partial charge < -0.3 is 40.5 Å². The number of nitrogens with one attached hydrogen (secondary N) is 1. The van der Waals surface area contributed by atoms with Gasteiger partial charge in [-0.05, 0) is 81.4 Å². The predicted octanol–water partition coefficient (Wildman–Crippen LogP) is 7.33. The Bertz CT molecular complexity index is 2950. The largest absolute Gasteiger partial charge is 0.495 e. The maximum absolute atomic E-state index is 12.8. The van der Waals surface area contributed by atoms with Gasteiger partial charge in [-0.3, -0.25) is 14.7 Å². The van der Waals surface area contributed by atoms with Crippen LogP contribution in [0.5, 0.6) is 11.5 Å². The highest BCUT2D eigenvalue weighted by atomic mass is 35.5. The molecule has 0 aliphatic carbocycles. The van der Waals surface area contributed by atoms with Crippen molar-refractivity contribution in [1.29, 1.82) is 5.26 Å². The molecule has 362 valence electrons. The Kier molecular flexibility index (Phi) is 17.9. The lowest BCUT2D eigenvalue weighted by Crippen LogP contribution is -2.49. The number of carbonyl (C=O) groups is 2. The number of alkyl halides is 1. The van der Waals surface area contributed by atoms with Crippen molar-refractivity contribution in [3.05, 3.63) is 111 Å². The molecule has 2 saturated heterocycles. The molecule has 7 aromatic rings. The van der Waals surface area contributed by atoms with Crippen LogP contribution in [0.15, 0.2) is 72.8 Å². The number of anilines is 4. The first-order valence-corrected chi connectivity index (χ1v) is 23.3. The van der Waals surface area contributed by atoms with Crippen LogP contribution in [0.3, 0.4) is 0 Å². The van der Waals surface area contributed by atoms with E-state index in [0.717, 1.165) is 65.4 Å². The molecule has 69 heavy (non-hydrogen) atoms. The summed E-state index contributed by atoms with van der Waals surface area (Å²) in [6, 6.07) is 24.4. The SMILES string of the molecule is COc1cc(N2CCN(C(=O)CCl)CC2)ccc1Cl.COc1cc(N2CCN(C(=O)Cn3nc(N)c4ccc(C)nc43)CC2)ccc1Cl.Cc1ccc(C#N)c(Cl)n1.Cc1ccc2c(N)[nH]nc2n1. The second-order valence-corrected chi connectivity index (χ2v) is 17.2. The van der Waals surface area contributed by atoms with Crippen LogP contribution in [0.25, 0.3) is 22.1 Å². The van der Waals surface area contributed by atoms with Gasteiger partial charge in [-0.2, -0.15) is 15.5 Å². The molecule has 0 unspecified atom stereocenters. The first-order valence-electron chi connectivity index (χ1n) is 21.6. The molecule has 2 aliphatic heterocycles. The van der Waals surface area contributed by atoms with E-state index >= 15 is 0 Å². The quantitative estimate of drug-likeness (QED) is 0.105. The van der Waals surface area contributed by atoms with E-state index in [1.807, 2.05) is 92.4 Å². The van der Waals surface area contributed by atoms with E-state index in [2.05, 4.69) is 40.0 Å². The zero-order valence-electron chi connectivity index (χ0n) is 38.7. The lowest BCUT2D eigenvalue weighted by molar-refractivity contribution is -0.132. The van der Waals surface area contributed by atoms with Crippen molar-refractivity contribution in [3.63, 3.8) is 0 Å². The van der Waals surface area contributed by atoms with Gasteiger partial charge in [0, 0.05) is 92.9 Å². The van der Waals surface area contributed by atoms with Crippen molar-refractivity contribution < 1.29 is 19.1 Å². The first kappa shape index (κ1) is 51.6. The Balaban J connectivity index is 0.000000167. The molecule has 2 amide bonds. The molecule has 0 bridgehead atoms. The second kappa shape index (κ2) is 24.0. The third kappa shape index (κ3) is 13.3. The molecule has 18 nitrogen and oxygen atoms in total. The Morgan fingerprint density at radius 1 is 0.696 bits per heavy atom. The van der Waals surface area contributed by atoms with Gasteiger partial charge in [-0.15, -0.1) is 11.6 Å². The van der Waals surface area contributed by atoms with Gasteiger partial charge in [0.25, 0.3) is 0 Å². The molecular weight excluding hydrogens is 966 g/mol. The number of aromatic amines is 1. The van der Waals surface area contributed by atoms with Crippen molar-refractivity contribution >= 4 is 103 Å². The summed E-state index contributed by atoms with van der Waals surface area (Å²) < 4.78 is 12.1. The van der Waals surface area contributed by atoms with Crippen LogP contribution in [0.4, 0.5) is 23.0 Å². The number of methoxy groups -OCH3 is 2. The molecule has 0 atom stereocenters. The summed E-state index contributed by atoms with van der Waals surface area (Å²) in [6.07, 6.45) is 0. The van der Waals surface area contributed by atoms with Crippen LogP contribution < -0.4 is 30.7 Å². The molecule has 22 heteroatoms. The van der Waals surface area contributed by atoms with Gasteiger partial charge in [-0.1, -0.05) is 34.8 Å². The number of carbonyl (C=O) groups excluding carboxylic acids is 2. The number of hydrogen-bond donors (Lipinski definition) is 3. The van der Waals surface area contributed by atoms with E-state index in [1.165, 1.54) is 0 Å². The number of pyridine rings is 3. The maximum Gasteiger partial charge on any atom is 0.244 e. The zero-order valence-corrected chi connectivity index (χ0v) is 41.7. The molecule has 0 radical (unpaired) electrons. The molecule has 5 N–H and O–H groups in total. The van der Waals surface area contributed by atoms with Crippen molar-refractivity contribution in [1.82, 2.24) is 44.7 Å². The Hall–Kier alpha value is -6.78. The minimum atomic E-state index is -0.00463. The van der Waals surface area contributed by atoms with Crippen molar-refractivity contribution in [2.75, 3.05) is 93.7 Å². The van der Waals surface area contributed by atoms with E-state index < -0.39 is 0 Å². The number of piperazine rings is 2. The summed E-state index contributed by atoms with van der Waals surface area (Å²) in [7, 11) is 3.20. The topological polar surface area (TPSA) is 227 Å². The number of nitrogens with zero attached hydrogens (tertiary/aromatic N) is 11. The average molecular weight is 1020 g/mol. The van der Waals surface area contributed by atoms with Crippen LogP contribution in [0.2, 0.25) is 15.2 Å². The minimum absolute atomic E-state index is 0.00463. The highest BCUT2D eigenvalue weighted by Crippen LogP contribution is 2.31. The third-order valence-electron chi connectivity index (χ3n) is 11.1. The van der Waals surface area contributed by atoms with E-state index in [4.69, 9.17) is 72.6 Å². The molecule has 2 aliphatic rings. The summed E-state index contributed by atoms with van der Waals surface area (Å²) in [5.41, 5.74) is 18.0. The van der Waals surface area contributed by atoms with Crippen molar-refractivity contribution in [2.45, 2.75) is 27.3 Å². The van der Waals surface area contributed by atoms with E-state index in [1.54, 1.807) is 35.9 Å². The summed E-state index contributed by atoms with van der Waals surface area (Å²) in [6.45, 7) is 11.4. The molecular formula is C47H52Cl4N14O4. The Morgan fingerprint density at radius 2 is 1.20 bits per heavy atom. The van der Waals surface area contributed by atoms with Crippen molar-refractivity contribution in [3.8, 4) is 17.6 Å². The van der Waals surface area contributed by atoms with Gasteiger partial charge >= 0.3 is 0 Å². The van der Waals surface area contributed by atoms with Crippen molar-refractivity contribution in [2.24, 2.45) is 0 Å². The Labute approximate surface area is 419 Å². The fraction of sp³-hybridized carbons (Fsp3) is 0.319. The molecule has 0 saturated carbocycles. The van der Waals surface area contributed by atoms with Crippen LogP contribution >= 0.6 is 46.4 Å². The van der Waals surface area contributed by atoms with Gasteiger partial charge in [0.15, 0.2) is 17.1 Å². The summed E-state index contributed by atoms with van der Waals surface area (Å²) in [5, 5.41) is 22.4. The number of rotatable bonds is 7. The molecule has 9 rings (SSSR count). The number of H-pyrrole nitrogens is 1. The highest BCUT2D eigenvalue weighted by molar-refractivity contribution is 6.32. The normalized spacial score (nSPS) is 13.3. The number of benzene rings is 2. The first-order chi connectivity index (χ1) is 33.1. The minimum Gasteiger partial charge on any atom is -0.495 e. The number of fused-ring (bicyclic) bond motifs is 2. The number of ether oxygens (including phenoxy) is 2. The number of amides is 2. The Morgan fingerprint density at radius 3 is 1.72 bits per heavy atom. The van der Waals surface area contributed by atoms with E-state index in [-0.39, 0.29) is 29.4 Å². The molecule has 5 aromatic heterocycles. The standard InChI is InChI=1S/C20H23ClN6O2.C13H16Cl2N2O2.C7H5ClN2.C7H8N4/c1-13-3-5-15-19(22)24-27(20(15)23-13)12-18(28)26-9-7-25(8-10-26)14-4-6-16(21)17(11-14)29-2;1-19-12-8-10(2-3-11(12)15)16-4-6-17(7-5-16)13(18)9-14;1-5-2-3-6(4-9)7(8)10-5;1-4-2-3-5-6(8)10-11-7(5)9-4/h3-6,11H,7-10,12H2,1-2H3,(H2,22,24);2-3,8H,4-7,9H2,1H3;2-3H,1H3;2-3H,1H3,(H3,8,9,10,11). The number of aryl methyl sites for hydroxylation is 3. The monoisotopic (exact) mass is 1020 g/mol. The smallest absolute Gasteiger partial charge is 0.244 e. The lowest BCUT2D eigenvalue weighted by atomic mass is 10.2. The van der Waals surface area contributed by atoms with Crippen LogP contribution in [-0.4, -0.2) is 129 Å². The number of nitrogen functional groups attached to an aromatic ring is 2. The maximum atomic E-state index is 12.8. The number of hydrogen-bond acceptors (Lipinski definition) is 14. The average Bonchev–Trinajstić information content (AvgIpc) is 3.88. The molecule has 0 spiro atoms. The zero-order chi connectivity index (χ0) is 49.8. The van der Waals surface area contributed by atoms with Gasteiger partial charge in [0.2, 0.25) is 11.8 Å². The fourth-order valence-corrected chi connectivity index (χ4v) is 8.13. The van der Waals surface area contributed by atoms with E-state index in [9.17, 15) is 9.59 Å². The van der Waals surface area contributed by atoms with Crippen LogP contribution in [-0.2, 0) is 16.1 Å². The third-order valence-corrected chi connectivity index (χ3v) is 12.3. The lowest BCUT2D eigenvalue weighted by Gasteiger charge is -2.36. The van der Waals surface area contributed by atoms with Gasteiger partial charge in [0.1, 0.15) is 41.0 Å². The van der Waals surface area contributed by atoms with Crippen LogP contribution in [0.1, 0.15) is 22.6 Å². The van der Waals surface area contributed by atoms with Gasteiger partial charge in [0.05, 0.1) is 40.6 Å². The summed E-state index contributed by atoms with van der Waals surface area (Å²) in [5.74, 6) is 2.33. The second-order valence-electron chi connectivity index (χ2n) is 15.7. The van der Waals surface area contributed by atoms with Gasteiger partial charge in [-0.25, -0.2) is 19.6 Å². The van der Waals surface area contributed by atoms with Crippen LogP contribution in [0, 0.1) is 32.1 Å². The summed E-state index contributed by atoms with van der Waals surface area (Å²) in [4.78, 5) is 44.9. The highest BCUT2D eigenvalue weighted by Gasteiger charge is 2.24. The fourth-order valence-electron chi connectivity index (χ4n) is 7.33. The molecule has 2 aromatic carbocycles. The number of aromatic nitrogens is 7. The number of nitriles is 1. The number of halogens is 4. The molecule has 2 fully saturated rings. The summed E-state index contributed by atoms with van der Waals surface area (Å²) >= 11 is 23.3. The molecule has 7 heterocycles. The number of nitrogens with two attached hydrogens (primary N) is 2. The predicted molar refractivity (Wildman–Crippen MR) is 273 cm³/mol. The van der Waals surface area contributed by atoms with E-state index in [0.29, 0.717) is 76.2 Å².